The molecule has 27 heavy (non-hydrogen) atoms. The molecule has 1 aromatic heterocycles. The van der Waals surface area contributed by atoms with Gasteiger partial charge in [0.15, 0.2) is 0 Å². The number of benzene rings is 1. The summed E-state index contributed by atoms with van der Waals surface area (Å²) in [5.74, 6) is 0.0429. The van der Waals surface area contributed by atoms with E-state index < -0.39 is 0 Å². The maximum absolute atomic E-state index is 12.7. The molecule has 1 aromatic carbocycles. The Morgan fingerprint density at radius 1 is 1.26 bits per heavy atom. The summed E-state index contributed by atoms with van der Waals surface area (Å²) in [4.78, 5) is 28.2. The highest BCUT2D eigenvalue weighted by Gasteiger charge is 2.45. The highest BCUT2D eigenvalue weighted by Crippen LogP contribution is 2.27. The summed E-state index contributed by atoms with van der Waals surface area (Å²) < 4.78 is 1.29. The Morgan fingerprint density at radius 2 is 2.11 bits per heavy atom. The van der Waals surface area contributed by atoms with Crippen LogP contribution in [0.15, 0.2) is 30.3 Å². The smallest absolute Gasteiger partial charge is 0.245 e. The number of nitrogens with one attached hydrogen (secondary N) is 2. The van der Waals surface area contributed by atoms with Crippen LogP contribution in [0.2, 0.25) is 0 Å². The first kappa shape index (κ1) is 18.4. The van der Waals surface area contributed by atoms with E-state index in [4.69, 9.17) is 5.73 Å². The van der Waals surface area contributed by atoms with E-state index in [1.165, 1.54) is 15.0 Å². The van der Waals surface area contributed by atoms with Crippen molar-refractivity contribution in [2.75, 3.05) is 13.1 Å². The van der Waals surface area contributed by atoms with E-state index in [0.29, 0.717) is 25.9 Å². The molecule has 0 aliphatic carbocycles. The maximum atomic E-state index is 12.7. The van der Waals surface area contributed by atoms with Crippen LogP contribution >= 0.6 is 11.3 Å². The number of hydrogen-bond donors (Lipinski definition) is 3. The molecule has 2 saturated heterocycles. The highest BCUT2D eigenvalue weighted by molar-refractivity contribution is 7.19. The van der Waals surface area contributed by atoms with E-state index >= 15 is 0 Å². The highest BCUT2D eigenvalue weighted by atomic mass is 32.1. The van der Waals surface area contributed by atoms with E-state index in [1.807, 2.05) is 0 Å². The second kappa shape index (κ2) is 7.96. The van der Waals surface area contributed by atoms with Gasteiger partial charge in [-0.3, -0.25) is 9.59 Å². The van der Waals surface area contributed by atoms with E-state index in [-0.39, 0.29) is 29.9 Å². The largest absolute Gasteiger partial charge is 0.343 e. The molecule has 4 N–H and O–H groups in total. The average molecular weight is 387 g/mol. The normalized spacial score (nSPS) is 25.1. The number of hydrogen-bond acceptors (Lipinski definition) is 5. The number of nitrogens with two attached hydrogens (primary N) is 1. The lowest BCUT2D eigenvalue weighted by Crippen LogP contribution is -2.61. The zero-order valence-electron chi connectivity index (χ0n) is 15.3. The molecule has 2 amide bonds. The first-order chi connectivity index (χ1) is 13.2. The Bertz CT molecular complexity index is 803. The lowest BCUT2D eigenvalue weighted by atomic mass is 10.0. The van der Waals surface area contributed by atoms with Crippen molar-refractivity contribution in [1.82, 2.24) is 15.5 Å². The van der Waals surface area contributed by atoms with Gasteiger partial charge in [0.05, 0.1) is 0 Å². The van der Waals surface area contributed by atoms with Crippen LogP contribution in [0, 0.1) is 0 Å². The van der Waals surface area contributed by atoms with Crippen LogP contribution in [0.5, 0.6) is 0 Å². The summed E-state index contributed by atoms with van der Waals surface area (Å²) in [5, 5.41) is 7.72. The second-order valence-electron chi connectivity index (χ2n) is 7.42. The van der Waals surface area contributed by atoms with Gasteiger partial charge < -0.3 is 21.3 Å². The zero-order valence-corrected chi connectivity index (χ0v) is 16.1. The van der Waals surface area contributed by atoms with E-state index in [2.05, 4.69) is 41.0 Å². The van der Waals surface area contributed by atoms with Crippen LogP contribution in [0.4, 0.5) is 0 Å². The fraction of sp³-hybridized carbons (Fsp3) is 0.500. The van der Waals surface area contributed by atoms with E-state index in [0.717, 1.165) is 19.4 Å². The van der Waals surface area contributed by atoms with Gasteiger partial charge in [0.1, 0.15) is 12.1 Å². The first-order valence-electron chi connectivity index (χ1n) is 9.67. The maximum Gasteiger partial charge on any atom is 0.245 e. The fourth-order valence-electron chi connectivity index (χ4n) is 4.06. The van der Waals surface area contributed by atoms with Crippen LogP contribution in [-0.2, 0) is 16.1 Å². The van der Waals surface area contributed by atoms with Crippen molar-refractivity contribution in [1.29, 1.82) is 0 Å². The number of rotatable bonds is 7. The first-order valence-corrected chi connectivity index (χ1v) is 10.5. The number of nitrogens with zero attached hydrogens (tertiary/aromatic N) is 1. The summed E-state index contributed by atoms with van der Waals surface area (Å²) in [6, 6.07) is 10.0. The molecule has 0 radical (unpaired) electrons. The van der Waals surface area contributed by atoms with E-state index in [9.17, 15) is 9.59 Å². The average Bonchev–Trinajstić information content (AvgIpc) is 3.28. The summed E-state index contributed by atoms with van der Waals surface area (Å²) in [6.45, 7) is 1.99. The third kappa shape index (κ3) is 3.85. The monoisotopic (exact) mass is 386 g/mol. The Morgan fingerprint density at radius 3 is 2.93 bits per heavy atom. The summed E-state index contributed by atoms with van der Waals surface area (Å²) >= 11 is 1.79. The third-order valence-electron chi connectivity index (χ3n) is 5.49. The molecule has 144 valence electrons. The summed E-state index contributed by atoms with van der Waals surface area (Å²) in [5.41, 5.74) is 5.53. The molecular formula is C20H26N4O2S. The van der Waals surface area contributed by atoms with Crippen molar-refractivity contribution in [2.24, 2.45) is 5.73 Å². The predicted octanol–water partition coefficient (Wildman–Crippen LogP) is 1.59. The fourth-order valence-corrected chi connectivity index (χ4v) is 5.08. The molecule has 3 atom stereocenters. The minimum absolute atomic E-state index is 0.0153. The molecule has 6 nitrogen and oxygen atoms in total. The molecule has 0 spiro atoms. The summed E-state index contributed by atoms with van der Waals surface area (Å²) in [7, 11) is 0. The van der Waals surface area contributed by atoms with Crippen LogP contribution in [-0.4, -0.2) is 47.9 Å². The van der Waals surface area contributed by atoms with Gasteiger partial charge in [-0.2, -0.15) is 0 Å². The number of thiophene rings is 1. The molecule has 7 heteroatoms. The van der Waals surface area contributed by atoms with Gasteiger partial charge >= 0.3 is 0 Å². The molecule has 0 unspecified atom stereocenters. The Kier molecular flexibility index (Phi) is 5.43. The number of amides is 2. The van der Waals surface area contributed by atoms with Crippen molar-refractivity contribution in [2.45, 2.75) is 50.4 Å². The quantitative estimate of drug-likeness (QED) is 0.631. The van der Waals surface area contributed by atoms with Crippen molar-refractivity contribution in [3.8, 4) is 0 Å². The van der Waals surface area contributed by atoms with Gasteiger partial charge in [-0.25, -0.2) is 0 Å². The standard InChI is InChI=1S/C20H26N4O2S/c21-8-4-3-6-16-20(26)24-12-14(10-17(24)19(25)23-16)22-11-15-9-13-5-1-2-7-18(13)27-15/h1-2,5,7,9,14,16-17,22H,3-4,6,8,10-12,21H2,(H,23,25)/t14-,16-,17-/m0/s1. The minimum atomic E-state index is -0.387. The molecule has 2 aliphatic heterocycles. The molecule has 2 aromatic rings. The van der Waals surface area contributed by atoms with E-state index in [1.54, 1.807) is 16.2 Å². The van der Waals surface area contributed by atoms with Crippen LogP contribution in [0.1, 0.15) is 30.6 Å². The van der Waals surface area contributed by atoms with Gasteiger partial charge in [-0.1, -0.05) is 18.2 Å². The van der Waals surface area contributed by atoms with Gasteiger partial charge in [-0.15, -0.1) is 11.3 Å². The van der Waals surface area contributed by atoms with Crippen LogP contribution in [0.25, 0.3) is 10.1 Å². The van der Waals surface area contributed by atoms with Crippen molar-refractivity contribution in [3.05, 3.63) is 35.2 Å². The second-order valence-corrected chi connectivity index (χ2v) is 8.58. The predicted molar refractivity (Wildman–Crippen MR) is 107 cm³/mol. The van der Waals surface area contributed by atoms with Crippen molar-refractivity contribution in [3.63, 3.8) is 0 Å². The third-order valence-corrected chi connectivity index (χ3v) is 6.61. The number of carbonyl (C=O) groups is 2. The molecular weight excluding hydrogens is 360 g/mol. The minimum Gasteiger partial charge on any atom is -0.343 e. The van der Waals surface area contributed by atoms with Gasteiger partial charge in [0, 0.05) is 28.7 Å². The Labute approximate surface area is 163 Å². The van der Waals surface area contributed by atoms with Crippen molar-refractivity contribution >= 4 is 33.2 Å². The van der Waals surface area contributed by atoms with Crippen molar-refractivity contribution < 1.29 is 9.59 Å². The van der Waals surface area contributed by atoms with Gasteiger partial charge in [0.2, 0.25) is 11.8 Å². The zero-order chi connectivity index (χ0) is 18.8. The molecule has 3 heterocycles. The Hall–Kier alpha value is -1.96. The number of unbranched alkanes of at least 4 members (excludes halogenated alkanes) is 1. The number of carbonyl (C=O) groups excluding carboxylic acids is 2. The van der Waals surface area contributed by atoms with Gasteiger partial charge in [-0.05, 0) is 49.7 Å². The molecule has 2 aliphatic rings. The molecule has 2 fully saturated rings. The van der Waals surface area contributed by atoms with Crippen LogP contribution in [0.3, 0.4) is 0 Å². The molecule has 4 rings (SSSR count). The topological polar surface area (TPSA) is 87.5 Å². The molecule has 0 bridgehead atoms. The molecule has 0 saturated carbocycles. The van der Waals surface area contributed by atoms with Crippen LogP contribution < -0.4 is 16.4 Å². The summed E-state index contributed by atoms with van der Waals surface area (Å²) in [6.07, 6.45) is 3.09. The lowest BCUT2D eigenvalue weighted by Gasteiger charge is -2.34. The SMILES string of the molecule is NCCCC[C@@H]1NC(=O)[C@@H]2C[C@H](NCc3cc4ccccc4s3)CN2C1=O. The Balaban J connectivity index is 1.35. The van der Waals surface area contributed by atoms with Gasteiger partial charge in [0.25, 0.3) is 0 Å². The number of fused-ring (bicyclic) bond motifs is 2. The lowest BCUT2D eigenvalue weighted by molar-refractivity contribution is -0.147. The number of piperazine rings is 1.